The molecule has 0 aliphatic carbocycles. The van der Waals surface area contributed by atoms with Gasteiger partial charge in [-0.3, -0.25) is 9.78 Å². The first-order valence-corrected chi connectivity index (χ1v) is 8.60. The lowest BCUT2D eigenvalue weighted by atomic mass is 10.1. The second-order valence-electron chi connectivity index (χ2n) is 4.78. The fraction of sp³-hybridized carbons (Fsp3) is 0.0625. The molecule has 23 heavy (non-hydrogen) atoms. The Morgan fingerprint density at radius 3 is 2.74 bits per heavy atom. The van der Waals surface area contributed by atoms with Crippen LogP contribution < -0.4 is 0 Å². The molecule has 7 heteroatoms. The van der Waals surface area contributed by atoms with Crippen LogP contribution in [0.15, 0.2) is 47.1 Å². The molecular formula is C16H8Br2ClFN2O. The van der Waals surface area contributed by atoms with Crippen molar-refractivity contribution in [3.05, 3.63) is 69.2 Å². The Hall–Kier alpha value is -1.37. The molecule has 0 aliphatic heterocycles. The second-order valence-corrected chi connectivity index (χ2v) is 7.05. The normalized spacial score (nSPS) is 12.3. The molecule has 2 aromatic heterocycles. The number of ketones is 1. The monoisotopic (exact) mass is 456 g/mol. The lowest BCUT2D eigenvalue weighted by Gasteiger charge is -2.10. The van der Waals surface area contributed by atoms with Crippen LogP contribution in [0.2, 0.25) is 5.02 Å². The number of carbonyl (C=O) groups is 1. The maximum Gasteiger partial charge on any atom is 0.185 e. The van der Waals surface area contributed by atoms with E-state index >= 15 is 0 Å². The topological polar surface area (TPSA) is 42.9 Å². The van der Waals surface area contributed by atoms with Crippen LogP contribution in [0.5, 0.6) is 0 Å². The van der Waals surface area contributed by atoms with E-state index in [0.717, 1.165) is 4.47 Å². The van der Waals surface area contributed by atoms with Gasteiger partial charge < -0.3 is 0 Å². The lowest BCUT2D eigenvalue weighted by Crippen LogP contribution is -2.10. The van der Waals surface area contributed by atoms with Crippen LogP contribution in [-0.2, 0) is 0 Å². The van der Waals surface area contributed by atoms with Crippen molar-refractivity contribution in [1.82, 2.24) is 9.97 Å². The van der Waals surface area contributed by atoms with E-state index in [0.29, 0.717) is 21.7 Å². The van der Waals surface area contributed by atoms with Gasteiger partial charge in [0.1, 0.15) is 10.6 Å². The van der Waals surface area contributed by atoms with Crippen molar-refractivity contribution in [1.29, 1.82) is 0 Å². The van der Waals surface area contributed by atoms with Gasteiger partial charge in [-0.25, -0.2) is 9.37 Å². The van der Waals surface area contributed by atoms with Gasteiger partial charge in [-0.05, 0) is 52.3 Å². The van der Waals surface area contributed by atoms with E-state index in [-0.39, 0.29) is 5.56 Å². The van der Waals surface area contributed by atoms with Crippen molar-refractivity contribution in [3.8, 4) is 0 Å². The first-order chi connectivity index (χ1) is 11.0. The summed E-state index contributed by atoms with van der Waals surface area (Å²) in [6.45, 7) is 0. The molecule has 3 rings (SSSR count). The number of benzene rings is 1. The summed E-state index contributed by atoms with van der Waals surface area (Å²) in [5.41, 5.74) is 1.74. The van der Waals surface area contributed by atoms with Crippen molar-refractivity contribution in [3.63, 3.8) is 0 Å². The Kier molecular flexibility index (Phi) is 4.75. The number of halogens is 4. The third kappa shape index (κ3) is 3.44. The van der Waals surface area contributed by atoms with Gasteiger partial charge in [-0.2, -0.15) is 0 Å². The van der Waals surface area contributed by atoms with Crippen LogP contribution in [0, 0.1) is 5.82 Å². The highest BCUT2D eigenvalue weighted by Gasteiger charge is 2.23. The molecule has 0 spiro atoms. The Morgan fingerprint density at radius 1 is 1.17 bits per heavy atom. The number of pyridine rings is 2. The van der Waals surface area contributed by atoms with Crippen molar-refractivity contribution in [2.75, 3.05) is 0 Å². The Balaban J connectivity index is 2.00. The highest BCUT2D eigenvalue weighted by Crippen LogP contribution is 2.29. The summed E-state index contributed by atoms with van der Waals surface area (Å²) in [6, 6.07) is 9.13. The average molecular weight is 459 g/mol. The maximum absolute atomic E-state index is 13.9. The van der Waals surface area contributed by atoms with Gasteiger partial charge in [-0.15, -0.1) is 0 Å². The molecule has 0 aliphatic rings. The summed E-state index contributed by atoms with van der Waals surface area (Å²) in [5, 5.41) is 0.300. The van der Waals surface area contributed by atoms with Gasteiger partial charge in [0, 0.05) is 15.7 Å². The van der Waals surface area contributed by atoms with Gasteiger partial charge in [0.2, 0.25) is 0 Å². The Bertz CT molecular complexity index is 920. The standard InChI is InChI=1S/C16H8Br2ClFN2O/c17-8-5-14-12(21-7-8)3-4-13(22-14)15(18)16(23)10-6-9(19)1-2-11(10)20/h1-7,15H. The van der Waals surface area contributed by atoms with Crippen LogP contribution >= 0.6 is 43.5 Å². The molecule has 0 fully saturated rings. The number of Topliss-reactive ketones (excluding diaryl/α,β-unsaturated/α-hetero) is 1. The summed E-state index contributed by atoms with van der Waals surface area (Å²) < 4.78 is 14.7. The molecule has 0 radical (unpaired) electrons. The Morgan fingerprint density at radius 2 is 1.96 bits per heavy atom. The third-order valence-electron chi connectivity index (χ3n) is 3.21. The average Bonchev–Trinajstić information content (AvgIpc) is 2.55. The highest BCUT2D eigenvalue weighted by atomic mass is 79.9. The predicted octanol–water partition coefficient (Wildman–Crippen LogP) is 5.50. The van der Waals surface area contributed by atoms with Gasteiger partial charge in [0.05, 0.1) is 22.3 Å². The van der Waals surface area contributed by atoms with E-state index in [1.165, 1.54) is 18.2 Å². The number of nitrogens with zero attached hydrogens (tertiary/aromatic N) is 2. The highest BCUT2D eigenvalue weighted by molar-refractivity contribution is 9.10. The van der Waals surface area contributed by atoms with E-state index in [1.54, 1.807) is 24.4 Å². The number of rotatable bonds is 3. The quantitative estimate of drug-likeness (QED) is 0.384. The maximum atomic E-state index is 13.9. The molecule has 1 unspecified atom stereocenters. The second kappa shape index (κ2) is 6.63. The number of hydrogen-bond acceptors (Lipinski definition) is 3. The van der Waals surface area contributed by atoms with E-state index in [4.69, 9.17) is 11.6 Å². The first-order valence-electron chi connectivity index (χ1n) is 6.51. The van der Waals surface area contributed by atoms with E-state index in [9.17, 15) is 9.18 Å². The first kappa shape index (κ1) is 16.5. The zero-order valence-corrected chi connectivity index (χ0v) is 15.4. The van der Waals surface area contributed by atoms with Crippen LogP contribution in [0.4, 0.5) is 4.39 Å². The number of aromatic nitrogens is 2. The molecule has 3 nitrogen and oxygen atoms in total. The van der Waals surface area contributed by atoms with Crippen molar-refractivity contribution in [2.24, 2.45) is 0 Å². The molecule has 116 valence electrons. The van der Waals surface area contributed by atoms with Gasteiger partial charge in [-0.1, -0.05) is 27.5 Å². The fourth-order valence-corrected chi connectivity index (χ4v) is 3.09. The zero-order valence-electron chi connectivity index (χ0n) is 11.4. The summed E-state index contributed by atoms with van der Waals surface area (Å²) in [7, 11) is 0. The molecular weight excluding hydrogens is 450 g/mol. The smallest absolute Gasteiger partial charge is 0.185 e. The van der Waals surface area contributed by atoms with Crippen LogP contribution in [0.25, 0.3) is 11.0 Å². The molecule has 1 atom stereocenters. The molecule has 0 saturated carbocycles. The van der Waals surface area contributed by atoms with E-state index < -0.39 is 16.4 Å². The van der Waals surface area contributed by atoms with Gasteiger partial charge in [0.25, 0.3) is 0 Å². The molecule has 0 amide bonds. The van der Waals surface area contributed by atoms with Gasteiger partial charge >= 0.3 is 0 Å². The zero-order chi connectivity index (χ0) is 16.6. The summed E-state index contributed by atoms with van der Waals surface area (Å²) in [4.78, 5) is 20.4. The number of carbonyl (C=O) groups excluding carboxylic acids is 1. The largest absolute Gasteiger partial charge is 0.292 e. The summed E-state index contributed by atoms with van der Waals surface area (Å²) in [5.74, 6) is -1.06. The summed E-state index contributed by atoms with van der Waals surface area (Å²) in [6.07, 6.45) is 1.67. The minimum Gasteiger partial charge on any atom is -0.292 e. The fourth-order valence-electron chi connectivity index (χ4n) is 2.10. The van der Waals surface area contributed by atoms with Crippen LogP contribution in [0.1, 0.15) is 20.9 Å². The molecule has 0 N–H and O–H groups in total. The molecule has 1 aromatic carbocycles. The predicted molar refractivity (Wildman–Crippen MR) is 94.6 cm³/mol. The van der Waals surface area contributed by atoms with Crippen LogP contribution in [0.3, 0.4) is 0 Å². The van der Waals surface area contributed by atoms with E-state index in [2.05, 4.69) is 41.8 Å². The van der Waals surface area contributed by atoms with Gasteiger partial charge in [0.15, 0.2) is 5.78 Å². The number of hydrogen-bond donors (Lipinski definition) is 0. The SMILES string of the molecule is O=C(c1cc(Cl)ccc1F)C(Br)c1ccc2ncc(Br)cc2n1. The molecule has 0 bridgehead atoms. The van der Waals surface area contributed by atoms with Crippen molar-refractivity contribution < 1.29 is 9.18 Å². The summed E-state index contributed by atoms with van der Waals surface area (Å²) >= 11 is 12.5. The molecule has 2 heterocycles. The van der Waals surface area contributed by atoms with E-state index in [1.807, 2.05) is 0 Å². The van der Waals surface area contributed by atoms with Crippen LogP contribution in [-0.4, -0.2) is 15.8 Å². The molecule has 0 saturated heterocycles. The molecule has 3 aromatic rings. The van der Waals surface area contributed by atoms with Crippen molar-refractivity contribution in [2.45, 2.75) is 4.83 Å². The number of fused-ring (bicyclic) bond motifs is 1. The number of alkyl halides is 1. The Labute approximate surface area is 153 Å². The minimum atomic E-state index is -0.779. The lowest BCUT2D eigenvalue weighted by molar-refractivity contribution is 0.0986. The minimum absolute atomic E-state index is 0.0753. The van der Waals surface area contributed by atoms with Crippen molar-refractivity contribution >= 4 is 60.3 Å². The third-order valence-corrected chi connectivity index (χ3v) is 4.76.